The molecule has 2 fully saturated rings. The Labute approximate surface area is 145 Å². The first kappa shape index (κ1) is 16.5. The standard InChI is InChI=1S/C18H23N3O4/c22-9-10-25-16-11-15(23)18(16)4-7-20(8-5-18)17(24)13-12-19-21-6-2-1-3-14(13)21/h1-3,6,12,15-16,22-23H,4-5,7-11H2/t15-,16+/m1/s1. The molecule has 1 saturated carbocycles. The lowest BCUT2D eigenvalue weighted by atomic mass is 9.58. The lowest BCUT2D eigenvalue weighted by Gasteiger charge is -2.56. The SMILES string of the molecule is O=C(c1cnn2ccccc12)N1CCC2(CC1)[C@H](O)C[C@@H]2OCCO. The van der Waals surface area contributed by atoms with Crippen molar-refractivity contribution in [2.45, 2.75) is 31.5 Å². The highest BCUT2D eigenvalue weighted by Crippen LogP contribution is 2.51. The van der Waals surface area contributed by atoms with E-state index in [0.29, 0.717) is 31.7 Å². The van der Waals surface area contributed by atoms with Crippen molar-refractivity contribution in [3.05, 3.63) is 36.2 Å². The Kier molecular flexibility index (Phi) is 4.23. The number of nitrogens with zero attached hydrogens (tertiary/aromatic N) is 3. The fraction of sp³-hybridized carbons (Fsp3) is 0.556. The van der Waals surface area contributed by atoms with Crippen LogP contribution in [0.2, 0.25) is 0 Å². The van der Waals surface area contributed by atoms with E-state index in [-0.39, 0.29) is 30.1 Å². The van der Waals surface area contributed by atoms with Crippen molar-refractivity contribution in [3.63, 3.8) is 0 Å². The number of ether oxygens (including phenoxy) is 1. The molecule has 0 bridgehead atoms. The predicted molar refractivity (Wildman–Crippen MR) is 90.2 cm³/mol. The fourth-order valence-corrected chi connectivity index (χ4v) is 4.21. The number of rotatable bonds is 4. The van der Waals surface area contributed by atoms with E-state index in [0.717, 1.165) is 18.4 Å². The van der Waals surface area contributed by atoms with E-state index >= 15 is 0 Å². The van der Waals surface area contributed by atoms with Crippen LogP contribution in [0.15, 0.2) is 30.6 Å². The normalized spacial score (nSPS) is 25.3. The van der Waals surface area contributed by atoms with Gasteiger partial charge >= 0.3 is 0 Å². The van der Waals surface area contributed by atoms with Crippen LogP contribution in [0.25, 0.3) is 5.52 Å². The van der Waals surface area contributed by atoms with Gasteiger partial charge in [0.25, 0.3) is 5.91 Å². The molecule has 1 saturated heterocycles. The number of fused-ring (bicyclic) bond motifs is 1. The minimum atomic E-state index is -0.384. The zero-order chi connectivity index (χ0) is 17.4. The third-order valence-electron chi connectivity index (χ3n) is 5.79. The highest BCUT2D eigenvalue weighted by atomic mass is 16.5. The second-order valence-electron chi connectivity index (χ2n) is 6.95. The van der Waals surface area contributed by atoms with Crippen molar-refractivity contribution in [3.8, 4) is 0 Å². The summed E-state index contributed by atoms with van der Waals surface area (Å²) in [5, 5.41) is 23.5. The summed E-state index contributed by atoms with van der Waals surface area (Å²) in [6.07, 6.45) is 5.08. The number of aromatic nitrogens is 2. The number of aliphatic hydroxyl groups excluding tert-OH is 2. The number of likely N-dealkylation sites (tertiary alicyclic amines) is 1. The molecule has 3 heterocycles. The predicted octanol–water partition coefficient (Wildman–Crippen LogP) is 0.699. The van der Waals surface area contributed by atoms with Gasteiger partial charge in [-0.25, -0.2) is 4.52 Å². The highest BCUT2D eigenvalue weighted by Gasteiger charge is 2.56. The van der Waals surface area contributed by atoms with Crippen LogP contribution in [0.1, 0.15) is 29.6 Å². The summed E-state index contributed by atoms with van der Waals surface area (Å²) in [6.45, 7) is 1.48. The molecule has 2 aromatic rings. The molecule has 2 atom stereocenters. The first-order valence-electron chi connectivity index (χ1n) is 8.78. The zero-order valence-corrected chi connectivity index (χ0v) is 14.0. The van der Waals surface area contributed by atoms with Gasteiger partial charge in [-0.2, -0.15) is 5.10 Å². The summed E-state index contributed by atoms with van der Waals surface area (Å²) in [5.41, 5.74) is 1.15. The van der Waals surface area contributed by atoms with Gasteiger partial charge in [0.1, 0.15) is 0 Å². The molecule has 134 valence electrons. The molecule has 7 nitrogen and oxygen atoms in total. The molecule has 2 aromatic heterocycles. The molecular weight excluding hydrogens is 322 g/mol. The van der Waals surface area contributed by atoms with Crippen molar-refractivity contribution >= 4 is 11.4 Å². The summed E-state index contributed by atoms with van der Waals surface area (Å²) in [7, 11) is 0. The molecule has 25 heavy (non-hydrogen) atoms. The molecule has 1 spiro atoms. The monoisotopic (exact) mass is 345 g/mol. The van der Waals surface area contributed by atoms with Gasteiger partial charge in [0.15, 0.2) is 0 Å². The maximum atomic E-state index is 12.9. The van der Waals surface area contributed by atoms with Crippen molar-refractivity contribution < 1.29 is 19.7 Å². The number of hydrogen-bond donors (Lipinski definition) is 2. The van der Waals surface area contributed by atoms with Gasteiger partial charge in [-0.05, 0) is 25.0 Å². The highest BCUT2D eigenvalue weighted by molar-refractivity contribution is 6.00. The van der Waals surface area contributed by atoms with E-state index in [1.54, 1.807) is 10.7 Å². The van der Waals surface area contributed by atoms with Crippen LogP contribution in [-0.2, 0) is 4.74 Å². The summed E-state index contributed by atoms with van der Waals surface area (Å²) in [6, 6.07) is 5.66. The molecular formula is C18H23N3O4. The van der Waals surface area contributed by atoms with Crippen LogP contribution in [0.3, 0.4) is 0 Å². The topological polar surface area (TPSA) is 87.3 Å². The number of piperidine rings is 1. The third-order valence-corrected chi connectivity index (χ3v) is 5.79. The minimum absolute atomic E-state index is 0.0119. The lowest BCUT2D eigenvalue weighted by molar-refractivity contribution is -0.211. The summed E-state index contributed by atoms with van der Waals surface area (Å²) >= 11 is 0. The third kappa shape index (κ3) is 2.63. The van der Waals surface area contributed by atoms with Gasteiger partial charge in [-0.1, -0.05) is 6.07 Å². The number of carbonyl (C=O) groups excluding carboxylic acids is 1. The van der Waals surface area contributed by atoms with Gasteiger partial charge in [-0.3, -0.25) is 4.79 Å². The Hall–Kier alpha value is -1.96. The van der Waals surface area contributed by atoms with Gasteiger partial charge in [0.05, 0.1) is 42.7 Å². The molecule has 2 N–H and O–H groups in total. The van der Waals surface area contributed by atoms with Crippen molar-refractivity contribution in [2.75, 3.05) is 26.3 Å². The summed E-state index contributed by atoms with van der Waals surface area (Å²) in [4.78, 5) is 14.7. The van der Waals surface area contributed by atoms with Gasteiger partial charge in [0.2, 0.25) is 0 Å². The smallest absolute Gasteiger partial charge is 0.257 e. The molecule has 1 aliphatic carbocycles. The van der Waals surface area contributed by atoms with Crippen LogP contribution >= 0.6 is 0 Å². The molecule has 0 radical (unpaired) electrons. The second kappa shape index (κ2) is 6.40. The van der Waals surface area contributed by atoms with Gasteiger partial charge in [-0.15, -0.1) is 0 Å². The fourth-order valence-electron chi connectivity index (χ4n) is 4.21. The Bertz CT molecular complexity index is 767. The lowest BCUT2D eigenvalue weighted by Crippen LogP contribution is -2.62. The largest absolute Gasteiger partial charge is 0.394 e. The minimum Gasteiger partial charge on any atom is -0.394 e. The van der Waals surface area contributed by atoms with Crippen molar-refractivity contribution in [2.24, 2.45) is 5.41 Å². The maximum absolute atomic E-state index is 12.9. The molecule has 0 unspecified atom stereocenters. The Morgan fingerprint density at radius 3 is 2.88 bits per heavy atom. The Morgan fingerprint density at radius 1 is 1.36 bits per heavy atom. The maximum Gasteiger partial charge on any atom is 0.257 e. The van der Waals surface area contributed by atoms with E-state index < -0.39 is 0 Å². The van der Waals surface area contributed by atoms with Crippen LogP contribution in [0.4, 0.5) is 0 Å². The molecule has 7 heteroatoms. The summed E-state index contributed by atoms with van der Waals surface area (Å²) in [5.74, 6) is -0.0160. The Balaban J connectivity index is 1.46. The van der Waals surface area contributed by atoms with Crippen LogP contribution in [-0.4, -0.2) is 69.1 Å². The van der Waals surface area contributed by atoms with E-state index in [4.69, 9.17) is 9.84 Å². The molecule has 4 rings (SSSR count). The quantitative estimate of drug-likeness (QED) is 0.852. The molecule has 1 aliphatic heterocycles. The molecule has 1 amide bonds. The van der Waals surface area contributed by atoms with Gasteiger partial charge < -0.3 is 19.8 Å². The van der Waals surface area contributed by atoms with Crippen LogP contribution < -0.4 is 0 Å². The first-order valence-corrected chi connectivity index (χ1v) is 8.78. The Morgan fingerprint density at radius 2 is 2.16 bits per heavy atom. The van der Waals surface area contributed by atoms with E-state index in [1.165, 1.54) is 0 Å². The summed E-state index contributed by atoms with van der Waals surface area (Å²) < 4.78 is 7.39. The second-order valence-corrected chi connectivity index (χ2v) is 6.95. The van der Waals surface area contributed by atoms with E-state index in [9.17, 15) is 9.90 Å². The average molecular weight is 345 g/mol. The number of carbonyl (C=O) groups is 1. The first-order chi connectivity index (χ1) is 12.2. The van der Waals surface area contributed by atoms with E-state index in [1.807, 2.05) is 29.3 Å². The molecule has 2 aliphatic rings. The van der Waals surface area contributed by atoms with Crippen LogP contribution in [0.5, 0.6) is 0 Å². The van der Waals surface area contributed by atoms with Crippen LogP contribution in [0, 0.1) is 5.41 Å². The van der Waals surface area contributed by atoms with E-state index in [2.05, 4.69) is 5.10 Å². The molecule has 0 aromatic carbocycles. The number of amides is 1. The van der Waals surface area contributed by atoms with Crippen molar-refractivity contribution in [1.82, 2.24) is 14.5 Å². The van der Waals surface area contributed by atoms with Gasteiger partial charge in [0, 0.05) is 31.1 Å². The number of pyridine rings is 1. The average Bonchev–Trinajstić information content (AvgIpc) is 3.08. The van der Waals surface area contributed by atoms with Crippen molar-refractivity contribution in [1.29, 1.82) is 0 Å². The number of aliphatic hydroxyl groups is 2. The number of hydrogen-bond acceptors (Lipinski definition) is 5. The zero-order valence-electron chi connectivity index (χ0n) is 14.0.